The van der Waals surface area contributed by atoms with Crippen LogP contribution in [0.3, 0.4) is 0 Å². The minimum absolute atomic E-state index is 0.102. The van der Waals surface area contributed by atoms with Crippen LogP contribution < -0.4 is 0 Å². The quantitative estimate of drug-likeness (QED) is 0.768. The fourth-order valence-corrected chi connectivity index (χ4v) is 4.09. The van der Waals surface area contributed by atoms with Crippen molar-refractivity contribution in [3.8, 4) is 0 Å². The van der Waals surface area contributed by atoms with Gasteiger partial charge in [0.2, 0.25) is 0 Å². The van der Waals surface area contributed by atoms with E-state index >= 15 is 0 Å². The van der Waals surface area contributed by atoms with Gasteiger partial charge in [-0.3, -0.25) is 9.69 Å². The van der Waals surface area contributed by atoms with E-state index in [9.17, 15) is 14.4 Å². The van der Waals surface area contributed by atoms with Gasteiger partial charge in [0, 0.05) is 12.3 Å². The molecule has 2 heterocycles. The molecule has 0 spiro atoms. The number of hydrogen-bond acceptors (Lipinski definition) is 6. The van der Waals surface area contributed by atoms with Gasteiger partial charge in [0.05, 0.1) is 0 Å². The van der Waals surface area contributed by atoms with E-state index in [0.29, 0.717) is 12.3 Å². The van der Waals surface area contributed by atoms with Crippen molar-refractivity contribution in [1.82, 2.24) is 4.90 Å². The van der Waals surface area contributed by atoms with Crippen molar-refractivity contribution < 1.29 is 29.3 Å². The van der Waals surface area contributed by atoms with Gasteiger partial charge in [-0.25, -0.2) is 9.59 Å². The van der Waals surface area contributed by atoms with Crippen molar-refractivity contribution in [2.24, 2.45) is 0 Å². The lowest BCUT2D eigenvalue weighted by molar-refractivity contribution is -0.139. The molecule has 0 radical (unpaired) electrons. The van der Waals surface area contributed by atoms with Crippen LogP contribution >= 0.6 is 23.5 Å². The molecule has 2 N–H and O–H groups in total. The molecule has 2 unspecified atom stereocenters. The zero-order chi connectivity index (χ0) is 17.6. The van der Waals surface area contributed by atoms with Crippen LogP contribution in [-0.4, -0.2) is 67.4 Å². The maximum atomic E-state index is 11.6. The van der Waals surface area contributed by atoms with E-state index < -0.39 is 29.0 Å². The first-order valence-corrected chi connectivity index (χ1v) is 9.40. The molecule has 0 aliphatic carbocycles. The summed E-state index contributed by atoms with van der Waals surface area (Å²) in [6.45, 7) is 5.69. The number of carbonyl (C=O) groups excluding carboxylic acids is 1. The van der Waals surface area contributed by atoms with Crippen molar-refractivity contribution >= 4 is 41.6 Å². The number of carboxylic acid groups (broad SMARTS) is 2. The summed E-state index contributed by atoms with van der Waals surface area (Å²) in [5.74, 6) is 0.0172. The molecule has 9 heteroatoms. The van der Waals surface area contributed by atoms with E-state index in [1.165, 1.54) is 16.7 Å². The SMILES string of the molecule is CC(C)(C)OC(=O)N1CCSC1C(=O)O.O=C(O)C1CCCS1. The van der Waals surface area contributed by atoms with Gasteiger partial charge in [-0.15, -0.1) is 23.5 Å². The molecule has 0 aromatic carbocycles. The Morgan fingerprint density at radius 3 is 2.13 bits per heavy atom. The van der Waals surface area contributed by atoms with Crippen LogP contribution in [0.2, 0.25) is 0 Å². The molecule has 7 nitrogen and oxygen atoms in total. The molecule has 2 atom stereocenters. The minimum Gasteiger partial charge on any atom is -0.480 e. The standard InChI is InChI=1S/C9H15NO4S.C5H8O2S/c1-9(2,3)14-8(13)10-4-5-15-6(10)7(11)12;6-5(7)4-2-1-3-8-4/h6H,4-5H2,1-3H3,(H,11,12);4H,1-3H2,(H,6,7). The molecular weight excluding hydrogens is 342 g/mol. The third-order valence-corrected chi connectivity index (χ3v) is 5.49. The largest absolute Gasteiger partial charge is 0.480 e. The van der Waals surface area contributed by atoms with Gasteiger partial charge in [-0.2, -0.15) is 0 Å². The van der Waals surface area contributed by atoms with Gasteiger partial charge >= 0.3 is 18.0 Å². The molecule has 2 rings (SSSR count). The fraction of sp³-hybridized carbons (Fsp3) is 0.786. The van der Waals surface area contributed by atoms with Crippen molar-refractivity contribution in [1.29, 1.82) is 0 Å². The molecule has 23 heavy (non-hydrogen) atoms. The number of rotatable bonds is 2. The first-order chi connectivity index (χ1) is 10.6. The number of carboxylic acids is 2. The number of ether oxygens (including phenoxy) is 1. The molecule has 2 aliphatic heterocycles. The number of amides is 1. The molecule has 1 amide bonds. The Balaban J connectivity index is 0.000000277. The topological polar surface area (TPSA) is 104 Å². The molecule has 2 fully saturated rings. The highest BCUT2D eigenvalue weighted by atomic mass is 32.2. The van der Waals surface area contributed by atoms with Crippen LogP contribution in [0.4, 0.5) is 4.79 Å². The lowest BCUT2D eigenvalue weighted by Gasteiger charge is -2.26. The summed E-state index contributed by atoms with van der Waals surface area (Å²) in [6.07, 6.45) is 1.38. The van der Waals surface area contributed by atoms with E-state index in [4.69, 9.17) is 14.9 Å². The summed E-state index contributed by atoms with van der Waals surface area (Å²) in [7, 11) is 0. The van der Waals surface area contributed by atoms with Crippen LogP contribution in [0.1, 0.15) is 33.6 Å². The van der Waals surface area contributed by atoms with Crippen molar-refractivity contribution in [3.05, 3.63) is 0 Å². The Morgan fingerprint density at radius 2 is 1.74 bits per heavy atom. The summed E-state index contributed by atoms with van der Waals surface area (Å²) in [5.41, 5.74) is -0.590. The van der Waals surface area contributed by atoms with Crippen LogP contribution in [0.15, 0.2) is 0 Å². The van der Waals surface area contributed by atoms with Gasteiger partial charge in [0.25, 0.3) is 0 Å². The third-order valence-electron chi connectivity index (χ3n) is 2.94. The average Bonchev–Trinajstić information content (AvgIpc) is 3.09. The van der Waals surface area contributed by atoms with Gasteiger partial charge in [0.15, 0.2) is 5.37 Å². The number of hydrogen-bond donors (Lipinski definition) is 2. The Hall–Kier alpha value is -1.09. The van der Waals surface area contributed by atoms with Crippen LogP contribution in [-0.2, 0) is 14.3 Å². The van der Waals surface area contributed by atoms with Crippen molar-refractivity contribution in [3.63, 3.8) is 0 Å². The van der Waals surface area contributed by atoms with Crippen LogP contribution in [0.25, 0.3) is 0 Å². The number of aliphatic carboxylic acids is 2. The number of thioether (sulfide) groups is 2. The first-order valence-electron chi connectivity index (χ1n) is 7.30. The minimum atomic E-state index is -0.997. The zero-order valence-electron chi connectivity index (χ0n) is 13.5. The predicted octanol–water partition coefficient (Wildman–Crippen LogP) is 2.35. The second kappa shape index (κ2) is 8.68. The van der Waals surface area contributed by atoms with Gasteiger partial charge < -0.3 is 14.9 Å². The van der Waals surface area contributed by atoms with Crippen molar-refractivity contribution in [2.75, 3.05) is 18.1 Å². The Labute approximate surface area is 144 Å². The van der Waals surface area contributed by atoms with E-state index in [-0.39, 0.29) is 5.25 Å². The summed E-state index contributed by atoms with van der Waals surface area (Å²) in [5, 5.41) is 16.3. The molecule has 0 aromatic heterocycles. The molecule has 132 valence electrons. The van der Waals surface area contributed by atoms with Crippen molar-refractivity contribution in [2.45, 2.75) is 49.8 Å². The molecule has 0 bridgehead atoms. The molecule has 0 aromatic rings. The normalized spacial score (nSPS) is 23.9. The highest BCUT2D eigenvalue weighted by Crippen LogP contribution is 2.26. The smallest absolute Gasteiger partial charge is 0.411 e. The van der Waals surface area contributed by atoms with E-state index in [1.54, 1.807) is 32.5 Å². The van der Waals surface area contributed by atoms with E-state index in [0.717, 1.165) is 18.6 Å². The summed E-state index contributed by atoms with van der Waals surface area (Å²) < 4.78 is 5.11. The highest BCUT2D eigenvalue weighted by molar-refractivity contribution is 8.01. The molecular formula is C14H23NO6S2. The maximum Gasteiger partial charge on any atom is 0.411 e. The Kier molecular flexibility index (Phi) is 7.53. The first kappa shape index (κ1) is 20.0. The summed E-state index contributed by atoms with van der Waals surface area (Å²) >= 11 is 2.79. The third kappa shape index (κ3) is 6.90. The lowest BCUT2D eigenvalue weighted by atomic mass is 10.2. The van der Waals surface area contributed by atoms with Gasteiger partial charge in [-0.1, -0.05) is 0 Å². The van der Waals surface area contributed by atoms with E-state index in [2.05, 4.69) is 0 Å². The second-order valence-electron chi connectivity index (χ2n) is 6.08. The Morgan fingerprint density at radius 1 is 1.09 bits per heavy atom. The van der Waals surface area contributed by atoms with Crippen LogP contribution in [0.5, 0.6) is 0 Å². The van der Waals surface area contributed by atoms with E-state index in [1.807, 2.05) is 0 Å². The van der Waals surface area contributed by atoms with Crippen LogP contribution in [0, 0.1) is 0 Å². The highest BCUT2D eigenvalue weighted by Gasteiger charge is 2.37. The monoisotopic (exact) mass is 365 g/mol. The van der Waals surface area contributed by atoms with Gasteiger partial charge in [0.1, 0.15) is 10.9 Å². The average molecular weight is 365 g/mol. The number of nitrogens with zero attached hydrogens (tertiary/aromatic N) is 1. The zero-order valence-corrected chi connectivity index (χ0v) is 15.1. The molecule has 2 saturated heterocycles. The Bertz CT molecular complexity index is 445. The maximum absolute atomic E-state index is 11.6. The lowest BCUT2D eigenvalue weighted by Crippen LogP contribution is -2.42. The molecule has 2 aliphatic rings. The fourth-order valence-electron chi connectivity index (χ4n) is 1.95. The molecule has 0 saturated carbocycles. The summed E-state index contributed by atoms with van der Waals surface area (Å²) in [6, 6.07) is 0. The predicted molar refractivity (Wildman–Crippen MR) is 89.9 cm³/mol. The summed E-state index contributed by atoms with van der Waals surface area (Å²) in [4.78, 5) is 33.8. The van der Waals surface area contributed by atoms with Gasteiger partial charge in [-0.05, 0) is 39.4 Å². The number of carbonyl (C=O) groups is 3. The second-order valence-corrected chi connectivity index (χ2v) is 8.57.